The van der Waals surface area contributed by atoms with Gasteiger partial charge in [-0.1, -0.05) is 13.0 Å². The molecule has 0 radical (unpaired) electrons. The molecule has 3 atom stereocenters. The Labute approximate surface area is 224 Å². The molecule has 13 heteroatoms. The van der Waals surface area contributed by atoms with Gasteiger partial charge in [0.15, 0.2) is 9.84 Å². The molecule has 0 bridgehead atoms. The van der Waals surface area contributed by atoms with Crippen molar-refractivity contribution in [3.05, 3.63) is 36.2 Å². The van der Waals surface area contributed by atoms with E-state index in [9.17, 15) is 31.6 Å². The Hall–Kier alpha value is -2.95. The second-order valence-electron chi connectivity index (χ2n) is 11.1. The van der Waals surface area contributed by atoms with Crippen molar-refractivity contribution < 1.29 is 35.9 Å². The summed E-state index contributed by atoms with van der Waals surface area (Å²) in [5.74, 6) is -1.42. The number of amides is 1. The van der Waals surface area contributed by atoms with Crippen LogP contribution in [0, 0.1) is 22.7 Å². The number of rotatable bonds is 8. The van der Waals surface area contributed by atoms with Crippen LogP contribution in [0.1, 0.15) is 38.2 Å². The Bertz CT molecular complexity index is 1420. The average Bonchev–Trinajstić information content (AvgIpc) is 3.26. The highest BCUT2D eigenvalue weighted by Crippen LogP contribution is 2.43. The third-order valence-electron chi connectivity index (χ3n) is 7.87. The lowest BCUT2D eigenvalue weighted by molar-refractivity contribution is -0.139. The highest BCUT2D eigenvalue weighted by molar-refractivity contribution is 7.92. The van der Waals surface area contributed by atoms with E-state index < -0.39 is 55.2 Å². The molecule has 3 aliphatic rings. The fourth-order valence-corrected chi connectivity index (χ4v) is 7.36. The molecule has 2 aromatic rings. The van der Waals surface area contributed by atoms with Crippen molar-refractivity contribution >= 4 is 15.7 Å². The molecule has 5 rings (SSSR count). The van der Waals surface area contributed by atoms with Crippen LogP contribution in [0.3, 0.4) is 0 Å². The Kier molecular flexibility index (Phi) is 6.80. The van der Waals surface area contributed by atoms with Gasteiger partial charge in [-0.25, -0.2) is 8.42 Å². The first-order valence-corrected chi connectivity index (χ1v) is 14.2. The van der Waals surface area contributed by atoms with Gasteiger partial charge in [0.2, 0.25) is 5.91 Å². The van der Waals surface area contributed by atoms with E-state index in [1.807, 2.05) is 13.0 Å². The summed E-state index contributed by atoms with van der Waals surface area (Å²) in [6.07, 6.45) is -2.01. The zero-order valence-corrected chi connectivity index (χ0v) is 22.3. The number of carbonyl (C=O) groups excluding carboxylic acids is 1. The molecule has 2 saturated carbocycles. The molecule has 1 N–H and O–H groups in total. The summed E-state index contributed by atoms with van der Waals surface area (Å²) < 4.78 is 82.0. The second-order valence-corrected chi connectivity index (χ2v) is 13.3. The van der Waals surface area contributed by atoms with Crippen LogP contribution >= 0.6 is 0 Å². The lowest BCUT2D eigenvalue weighted by atomic mass is 9.89. The Morgan fingerprint density at radius 2 is 2.00 bits per heavy atom. The van der Waals surface area contributed by atoms with E-state index in [1.165, 1.54) is 19.4 Å². The summed E-state index contributed by atoms with van der Waals surface area (Å²) in [6.45, 7) is 3.70. The molecule has 1 aliphatic heterocycles. The summed E-state index contributed by atoms with van der Waals surface area (Å²) in [5.41, 5.74) is -1.70. The molecule has 1 amide bonds. The van der Waals surface area contributed by atoms with Gasteiger partial charge >= 0.3 is 6.18 Å². The molecule has 2 aliphatic carbocycles. The molecule has 0 unspecified atom stereocenters. The number of hydrogen-bond acceptors (Lipinski definition) is 7. The molecule has 39 heavy (non-hydrogen) atoms. The molecule has 1 aromatic heterocycles. The van der Waals surface area contributed by atoms with Crippen molar-refractivity contribution in [3.8, 4) is 17.2 Å². The average molecular weight is 567 g/mol. The summed E-state index contributed by atoms with van der Waals surface area (Å²) >= 11 is 0. The molecular weight excluding hydrogens is 537 g/mol. The molecule has 1 saturated heterocycles. The maximum atomic E-state index is 14.2. The highest BCUT2D eigenvalue weighted by Gasteiger charge is 2.51. The molecule has 0 spiro atoms. The van der Waals surface area contributed by atoms with Gasteiger partial charge in [0, 0.05) is 24.3 Å². The fourth-order valence-electron chi connectivity index (χ4n) is 5.35. The number of sulfone groups is 1. The monoisotopic (exact) mass is 566 g/mol. The molecular formula is C26H29F3N4O5S. The quantitative estimate of drug-likeness (QED) is 0.520. The van der Waals surface area contributed by atoms with Gasteiger partial charge in [0.25, 0.3) is 0 Å². The van der Waals surface area contributed by atoms with Gasteiger partial charge in [-0.15, -0.1) is 0 Å². The van der Waals surface area contributed by atoms with Gasteiger partial charge in [-0.3, -0.25) is 9.48 Å². The predicted octanol–water partition coefficient (Wildman–Crippen LogP) is 3.35. The maximum absolute atomic E-state index is 14.2. The lowest BCUT2D eigenvalue weighted by Crippen LogP contribution is -2.43. The summed E-state index contributed by atoms with van der Waals surface area (Å²) in [6, 6.07) is 5.20. The van der Waals surface area contributed by atoms with Crippen LogP contribution in [0.15, 0.2) is 35.5 Å². The van der Waals surface area contributed by atoms with Gasteiger partial charge in [0.05, 0.1) is 59.8 Å². The van der Waals surface area contributed by atoms with E-state index in [0.717, 1.165) is 12.1 Å². The first-order valence-electron chi connectivity index (χ1n) is 12.6. The van der Waals surface area contributed by atoms with Crippen molar-refractivity contribution in [2.75, 3.05) is 20.3 Å². The van der Waals surface area contributed by atoms with E-state index in [1.54, 1.807) is 10.9 Å². The normalized spacial score (nSPS) is 25.5. The smallest absolute Gasteiger partial charge is 0.381 e. The van der Waals surface area contributed by atoms with E-state index in [2.05, 4.69) is 10.4 Å². The number of halogens is 3. The van der Waals surface area contributed by atoms with Crippen molar-refractivity contribution in [3.63, 3.8) is 0 Å². The van der Waals surface area contributed by atoms with Gasteiger partial charge < -0.3 is 14.8 Å². The summed E-state index contributed by atoms with van der Waals surface area (Å²) in [7, 11) is -3.16. The van der Waals surface area contributed by atoms with E-state index in [-0.39, 0.29) is 23.8 Å². The van der Waals surface area contributed by atoms with Gasteiger partial charge in [-0.05, 0) is 43.4 Å². The minimum Gasteiger partial charge on any atom is -0.381 e. The van der Waals surface area contributed by atoms with Gasteiger partial charge in [0.1, 0.15) is 5.54 Å². The topological polar surface area (TPSA) is 123 Å². The number of benzene rings is 1. The van der Waals surface area contributed by atoms with Crippen molar-refractivity contribution in [2.45, 2.75) is 67.1 Å². The number of nitriles is 1. The number of nitrogens with one attached hydrogen (secondary N) is 1. The standard InChI is InChI=1S/C26H29F3N4O5S/c1-24(14-38-15-24)13-33-11-17(10-31-33)16-3-4-22(20(7-16)26(27,28)29)39(35,36)18-8-19(21(9-18)37-2)23(34)32-25(12-30)5-6-25/h3-4,7,10-11,18-19,21H,5-6,8-9,13-15H2,1-2H3,(H,32,34)/t18-,19-,21-/m0/s1. The van der Waals surface area contributed by atoms with Crippen molar-refractivity contribution in [1.82, 2.24) is 15.1 Å². The Balaban J connectivity index is 1.41. The van der Waals surface area contributed by atoms with Crippen LogP contribution < -0.4 is 5.32 Å². The molecule has 210 valence electrons. The third-order valence-corrected chi connectivity index (χ3v) is 10.1. The highest BCUT2D eigenvalue weighted by atomic mass is 32.2. The summed E-state index contributed by atoms with van der Waals surface area (Å²) in [4.78, 5) is 12.0. The number of alkyl halides is 3. The van der Waals surface area contributed by atoms with Crippen LogP contribution in [0.5, 0.6) is 0 Å². The number of nitrogens with zero attached hydrogens (tertiary/aromatic N) is 3. The minimum atomic E-state index is -4.94. The number of hydrogen-bond donors (Lipinski definition) is 1. The first kappa shape index (κ1) is 27.6. The predicted molar refractivity (Wildman–Crippen MR) is 132 cm³/mol. The van der Waals surface area contributed by atoms with E-state index in [0.29, 0.717) is 38.2 Å². The largest absolute Gasteiger partial charge is 0.417 e. The first-order chi connectivity index (χ1) is 18.3. The lowest BCUT2D eigenvalue weighted by Gasteiger charge is -2.37. The number of methoxy groups -OCH3 is 1. The van der Waals surface area contributed by atoms with Crippen molar-refractivity contribution in [2.24, 2.45) is 11.3 Å². The van der Waals surface area contributed by atoms with Crippen LogP contribution in [0.25, 0.3) is 11.1 Å². The summed E-state index contributed by atoms with van der Waals surface area (Å²) in [5, 5.41) is 14.9. The van der Waals surface area contributed by atoms with E-state index in [4.69, 9.17) is 9.47 Å². The Morgan fingerprint density at radius 1 is 1.28 bits per heavy atom. The molecule has 1 aromatic carbocycles. The third kappa shape index (κ3) is 5.29. The van der Waals surface area contributed by atoms with Crippen molar-refractivity contribution in [1.29, 1.82) is 5.26 Å². The van der Waals surface area contributed by atoms with Crippen LogP contribution in [-0.4, -0.2) is 61.3 Å². The Morgan fingerprint density at radius 3 is 2.56 bits per heavy atom. The number of carbonyl (C=O) groups is 1. The molecule has 3 fully saturated rings. The van der Waals surface area contributed by atoms with Crippen LogP contribution in [-0.2, 0) is 36.8 Å². The maximum Gasteiger partial charge on any atom is 0.417 e. The van der Waals surface area contributed by atoms with Crippen LogP contribution in [0.4, 0.5) is 13.2 Å². The SMILES string of the molecule is CO[C@H]1C[C@@H](S(=O)(=O)c2ccc(-c3cnn(CC4(C)COC4)c3)cc2C(F)(F)F)C[C@@H]1C(=O)NC1(C#N)CC1. The zero-order chi connectivity index (χ0) is 28.2. The number of ether oxygens (including phenoxy) is 2. The number of aromatic nitrogens is 2. The minimum absolute atomic E-state index is 0.0949. The second kappa shape index (κ2) is 9.60. The molecule has 2 heterocycles. The fraction of sp³-hybridized carbons (Fsp3) is 0.577. The van der Waals surface area contributed by atoms with Gasteiger partial charge in [-0.2, -0.15) is 23.5 Å². The van der Waals surface area contributed by atoms with Crippen LogP contribution in [0.2, 0.25) is 0 Å². The van der Waals surface area contributed by atoms with E-state index >= 15 is 0 Å². The zero-order valence-electron chi connectivity index (χ0n) is 21.5. The molecule has 9 nitrogen and oxygen atoms in total.